The summed E-state index contributed by atoms with van der Waals surface area (Å²) in [6.45, 7) is 1.50. The molecule has 32 heavy (non-hydrogen) atoms. The first-order valence-electron chi connectivity index (χ1n) is 10.3. The second kappa shape index (κ2) is 10.0. The number of nitriles is 1. The Morgan fingerprint density at radius 3 is 2.41 bits per heavy atom. The topological polar surface area (TPSA) is 95.6 Å². The molecule has 2 heterocycles. The van der Waals surface area contributed by atoms with Crippen molar-refractivity contribution in [1.29, 1.82) is 5.26 Å². The van der Waals surface area contributed by atoms with Crippen molar-refractivity contribution in [3.63, 3.8) is 0 Å². The minimum absolute atomic E-state index is 0.183. The predicted octanol–water partition coefficient (Wildman–Crippen LogP) is 3.71. The monoisotopic (exact) mass is 422 g/mol. The summed E-state index contributed by atoms with van der Waals surface area (Å²) >= 11 is 0. The molecule has 4 rings (SSSR count). The Bertz CT molecular complexity index is 1210. The molecule has 0 radical (unpaired) electrons. The van der Waals surface area contributed by atoms with Crippen LogP contribution in [-0.2, 0) is 6.54 Å². The molecule has 0 saturated heterocycles. The summed E-state index contributed by atoms with van der Waals surface area (Å²) in [7, 11) is 0. The average molecular weight is 422 g/mol. The van der Waals surface area contributed by atoms with Crippen molar-refractivity contribution in [3.8, 4) is 17.3 Å². The van der Waals surface area contributed by atoms with E-state index in [1.54, 1.807) is 23.0 Å². The molecular weight excluding hydrogens is 400 g/mol. The minimum Gasteiger partial charge on any atom is -0.368 e. The van der Waals surface area contributed by atoms with Gasteiger partial charge in [-0.15, -0.1) is 0 Å². The van der Waals surface area contributed by atoms with Crippen molar-refractivity contribution in [3.05, 3.63) is 102 Å². The molecule has 0 fully saturated rings. The van der Waals surface area contributed by atoms with Gasteiger partial charge in [-0.3, -0.25) is 9.48 Å². The van der Waals surface area contributed by atoms with Crippen LogP contribution in [0.5, 0.6) is 0 Å². The second-order valence-electron chi connectivity index (χ2n) is 7.17. The van der Waals surface area contributed by atoms with Crippen LogP contribution in [0.25, 0.3) is 11.3 Å². The zero-order valence-electron chi connectivity index (χ0n) is 17.4. The zero-order chi connectivity index (χ0) is 22.2. The van der Waals surface area contributed by atoms with Crippen molar-refractivity contribution in [2.24, 2.45) is 0 Å². The number of anilines is 1. The van der Waals surface area contributed by atoms with Gasteiger partial charge in [-0.2, -0.15) is 10.4 Å². The first kappa shape index (κ1) is 20.8. The van der Waals surface area contributed by atoms with Crippen molar-refractivity contribution in [1.82, 2.24) is 20.1 Å². The minimum atomic E-state index is -0.183. The number of benzene rings is 2. The molecule has 7 nitrogen and oxygen atoms in total. The van der Waals surface area contributed by atoms with Gasteiger partial charge in [0, 0.05) is 31.0 Å². The normalized spacial score (nSPS) is 10.3. The molecule has 0 aliphatic heterocycles. The fourth-order valence-electron chi connectivity index (χ4n) is 3.27. The summed E-state index contributed by atoms with van der Waals surface area (Å²) in [6.07, 6.45) is 3.30. The third-order valence-corrected chi connectivity index (χ3v) is 4.85. The maximum atomic E-state index is 13.0. The number of carbonyl (C=O) groups excluding carboxylic acids is 1. The van der Waals surface area contributed by atoms with E-state index < -0.39 is 0 Å². The summed E-state index contributed by atoms with van der Waals surface area (Å²) in [4.78, 5) is 17.1. The Balaban J connectivity index is 1.44. The highest BCUT2D eigenvalue weighted by atomic mass is 16.1. The van der Waals surface area contributed by atoms with Gasteiger partial charge in [-0.25, -0.2) is 4.98 Å². The summed E-state index contributed by atoms with van der Waals surface area (Å²) < 4.78 is 1.80. The van der Waals surface area contributed by atoms with Gasteiger partial charge in [0.2, 0.25) is 0 Å². The number of hydrogen-bond donors (Lipinski definition) is 2. The molecule has 2 aromatic carbocycles. The van der Waals surface area contributed by atoms with E-state index in [2.05, 4.69) is 15.6 Å². The van der Waals surface area contributed by atoms with Crippen LogP contribution in [0, 0.1) is 11.3 Å². The Hall–Kier alpha value is -4.44. The molecule has 158 valence electrons. The molecule has 7 heteroatoms. The highest BCUT2D eigenvalue weighted by molar-refractivity contribution is 5.99. The highest BCUT2D eigenvalue weighted by Gasteiger charge is 2.17. The molecule has 1 amide bonds. The number of hydrogen-bond acceptors (Lipinski definition) is 5. The molecule has 0 aliphatic rings. The van der Waals surface area contributed by atoms with Gasteiger partial charge in [0.15, 0.2) is 0 Å². The lowest BCUT2D eigenvalue weighted by atomic mass is 10.1. The third kappa shape index (κ3) is 5.18. The van der Waals surface area contributed by atoms with Crippen LogP contribution >= 0.6 is 0 Å². The van der Waals surface area contributed by atoms with E-state index in [0.29, 0.717) is 42.3 Å². The first-order chi connectivity index (χ1) is 15.7. The molecule has 0 bridgehead atoms. The van der Waals surface area contributed by atoms with Gasteiger partial charge < -0.3 is 10.6 Å². The predicted molar refractivity (Wildman–Crippen MR) is 123 cm³/mol. The summed E-state index contributed by atoms with van der Waals surface area (Å²) in [5, 5.41) is 19.6. The Morgan fingerprint density at radius 1 is 0.969 bits per heavy atom. The Morgan fingerprint density at radius 2 is 1.72 bits per heavy atom. The van der Waals surface area contributed by atoms with Crippen LogP contribution in [-0.4, -0.2) is 33.8 Å². The highest BCUT2D eigenvalue weighted by Crippen LogP contribution is 2.22. The van der Waals surface area contributed by atoms with E-state index in [-0.39, 0.29) is 5.91 Å². The van der Waals surface area contributed by atoms with Crippen molar-refractivity contribution in [2.75, 3.05) is 18.4 Å². The van der Waals surface area contributed by atoms with Crippen LogP contribution < -0.4 is 10.6 Å². The van der Waals surface area contributed by atoms with Crippen LogP contribution in [0.3, 0.4) is 0 Å². The molecule has 0 aliphatic carbocycles. The van der Waals surface area contributed by atoms with Gasteiger partial charge in [-0.05, 0) is 17.7 Å². The molecule has 4 aromatic rings. The van der Waals surface area contributed by atoms with E-state index >= 15 is 0 Å². The summed E-state index contributed by atoms with van der Waals surface area (Å²) in [5.41, 5.74) is 3.69. The number of nitrogens with one attached hydrogen (secondary N) is 2. The molecular formula is C25H22N6O. The Labute approximate surface area is 186 Å². The van der Waals surface area contributed by atoms with E-state index in [0.717, 1.165) is 11.1 Å². The standard InChI is InChI=1S/C25H22N6O/c26-15-20-11-12-23(29-16-20)27-13-14-28-25(32)22-18-31(17-19-7-3-1-4-8-19)30-24(22)21-9-5-2-6-10-21/h1-12,16,18H,13-14,17H2,(H,27,29)(H,28,32). The number of amides is 1. The van der Waals surface area contributed by atoms with Gasteiger partial charge >= 0.3 is 0 Å². The quantitative estimate of drug-likeness (QED) is 0.422. The van der Waals surface area contributed by atoms with Crippen LogP contribution in [0.1, 0.15) is 21.5 Å². The molecule has 0 spiro atoms. The average Bonchev–Trinajstić information content (AvgIpc) is 3.27. The largest absolute Gasteiger partial charge is 0.368 e. The smallest absolute Gasteiger partial charge is 0.255 e. The maximum Gasteiger partial charge on any atom is 0.255 e. The molecule has 2 aromatic heterocycles. The lowest BCUT2D eigenvalue weighted by molar-refractivity contribution is 0.0955. The molecule has 0 atom stereocenters. The number of aromatic nitrogens is 3. The van der Waals surface area contributed by atoms with Crippen molar-refractivity contribution >= 4 is 11.7 Å². The fourth-order valence-corrected chi connectivity index (χ4v) is 3.27. The Kier molecular flexibility index (Phi) is 6.54. The van der Waals surface area contributed by atoms with Crippen LogP contribution in [0.2, 0.25) is 0 Å². The molecule has 0 unspecified atom stereocenters. The number of rotatable bonds is 8. The fraction of sp³-hybridized carbons (Fsp3) is 0.120. The summed E-state index contributed by atoms with van der Waals surface area (Å²) in [5.74, 6) is 0.469. The van der Waals surface area contributed by atoms with Crippen LogP contribution in [0.4, 0.5) is 5.82 Å². The lowest BCUT2D eigenvalue weighted by Crippen LogP contribution is -2.29. The third-order valence-electron chi connectivity index (χ3n) is 4.85. The SMILES string of the molecule is N#Cc1ccc(NCCNC(=O)c2cn(Cc3ccccc3)nc2-c2ccccc2)nc1. The maximum absolute atomic E-state index is 13.0. The molecule has 2 N–H and O–H groups in total. The van der Waals surface area contributed by atoms with Crippen LogP contribution in [0.15, 0.2) is 85.2 Å². The van der Waals surface area contributed by atoms with E-state index in [1.807, 2.05) is 66.7 Å². The number of carbonyl (C=O) groups is 1. The van der Waals surface area contributed by atoms with Gasteiger partial charge in [0.05, 0.1) is 17.7 Å². The second-order valence-corrected chi connectivity index (χ2v) is 7.17. The first-order valence-corrected chi connectivity index (χ1v) is 10.3. The number of nitrogens with zero attached hydrogens (tertiary/aromatic N) is 4. The zero-order valence-corrected chi connectivity index (χ0v) is 17.4. The van der Waals surface area contributed by atoms with Crippen molar-refractivity contribution in [2.45, 2.75) is 6.54 Å². The van der Waals surface area contributed by atoms with E-state index in [9.17, 15) is 4.79 Å². The van der Waals surface area contributed by atoms with Gasteiger partial charge in [-0.1, -0.05) is 60.7 Å². The lowest BCUT2D eigenvalue weighted by Gasteiger charge is -2.07. The van der Waals surface area contributed by atoms with Gasteiger partial charge in [0.1, 0.15) is 17.6 Å². The number of pyridine rings is 1. The van der Waals surface area contributed by atoms with E-state index in [4.69, 9.17) is 10.4 Å². The van der Waals surface area contributed by atoms with Gasteiger partial charge in [0.25, 0.3) is 5.91 Å². The molecule has 0 saturated carbocycles. The van der Waals surface area contributed by atoms with E-state index in [1.165, 1.54) is 6.20 Å². The summed E-state index contributed by atoms with van der Waals surface area (Å²) in [6, 6.07) is 25.2. The van der Waals surface area contributed by atoms with Crippen molar-refractivity contribution < 1.29 is 4.79 Å².